The maximum atomic E-state index is 13.1. The van der Waals surface area contributed by atoms with Crippen LogP contribution in [0.15, 0.2) is 57.7 Å². The molecule has 4 rings (SSSR count). The van der Waals surface area contributed by atoms with Gasteiger partial charge in [-0.15, -0.1) is 0 Å². The molecule has 9 heteroatoms. The first-order valence-corrected chi connectivity index (χ1v) is 9.66. The van der Waals surface area contributed by atoms with Gasteiger partial charge in [0.1, 0.15) is 11.3 Å². The summed E-state index contributed by atoms with van der Waals surface area (Å²) in [6.45, 7) is 1.79. The zero-order chi connectivity index (χ0) is 21.4. The van der Waals surface area contributed by atoms with Crippen molar-refractivity contribution in [1.82, 2.24) is 4.40 Å². The Kier molecular flexibility index (Phi) is 5.24. The van der Waals surface area contributed by atoms with Crippen LogP contribution in [0.2, 0.25) is 10.0 Å². The van der Waals surface area contributed by atoms with Gasteiger partial charge in [-0.25, -0.2) is 9.20 Å². The molecule has 0 saturated carbocycles. The molecule has 30 heavy (non-hydrogen) atoms. The lowest BCUT2D eigenvalue weighted by molar-refractivity contribution is 0.0526. The van der Waals surface area contributed by atoms with Crippen LogP contribution in [0.1, 0.15) is 27.6 Å². The van der Waals surface area contributed by atoms with Crippen LogP contribution < -0.4 is 10.9 Å². The van der Waals surface area contributed by atoms with Crippen molar-refractivity contribution >= 4 is 57.6 Å². The lowest BCUT2D eigenvalue weighted by atomic mass is 10.2. The molecule has 2 aromatic carbocycles. The smallest absolute Gasteiger partial charge is 0.343 e. The average Bonchev–Trinajstić information content (AvgIpc) is 3.09. The normalized spacial score (nSPS) is 11.0. The molecule has 0 unspecified atom stereocenters. The van der Waals surface area contributed by atoms with Gasteiger partial charge in [-0.3, -0.25) is 9.59 Å². The summed E-state index contributed by atoms with van der Waals surface area (Å²) in [6.07, 6.45) is 0. The molecule has 0 aliphatic rings. The fourth-order valence-corrected chi connectivity index (χ4v) is 3.31. The van der Waals surface area contributed by atoms with E-state index in [1.54, 1.807) is 31.2 Å². The minimum absolute atomic E-state index is 0.000193. The fourth-order valence-electron chi connectivity index (χ4n) is 3.02. The van der Waals surface area contributed by atoms with Crippen molar-refractivity contribution in [3.05, 3.63) is 80.1 Å². The van der Waals surface area contributed by atoms with E-state index < -0.39 is 17.4 Å². The molecule has 0 spiro atoms. The highest BCUT2D eigenvalue weighted by atomic mass is 35.5. The maximum absolute atomic E-state index is 13.1. The van der Waals surface area contributed by atoms with Crippen LogP contribution in [-0.4, -0.2) is 22.9 Å². The molecular formula is C21H14Cl2N2O5. The van der Waals surface area contributed by atoms with Gasteiger partial charge in [0.05, 0.1) is 12.1 Å². The number of aromatic nitrogens is 1. The van der Waals surface area contributed by atoms with Crippen LogP contribution in [0, 0.1) is 0 Å². The largest absolute Gasteiger partial charge is 0.462 e. The zero-order valence-corrected chi connectivity index (χ0v) is 17.1. The van der Waals surface area contributed by atoms with Gasteiger partial charge >= 0.3 is 5.97 Å². The van der Waals surface area contributed by atoms with E-state index in [0.29, 0.717) is 26.7 Å². The van der Waals surface area contributed by atoms with Crippen LogP contribution >= 0.6 is 23.2 Å². The molecule has 1 amide bonds. The molecule has 1 N–H and O–H groups in total. The number of benzene rings is 2. The number of ether oxygens (including phenoxy) is 1. The molecule has 0 fully saturated rings. The second-order valence-electron chi connectivity index (χ2n) is 6.31. The molecule has 4 aromatic rings. The summed E-state index contributed by atoms with van der Waals surface area (Å²) in [5.74, 6) is -1.23. The van der Waals surface area contributed by atoms with Gasteiger partial charge in [0.15, 0.2) is 5.58 Å². The number of carbonyl (C=O) groups excluding carboxylic acids is 2. The van der Waals surface area contributed by atoms with Crippen molar-refractivity contribution in [3.8, 4) is 0 Å². The van der Waals surface area contributed by atoms with Crippen molar-refractivity contribution < 1.29 is 18.7 Å². The summed E-state index contributed by atoms with van der Waals surface area (Å²) >= 11 is 11.9. The maximum Gasteiger partial charge on any atom is 0.343 e. The number of hydrogen-bond acceptors (Lipinski definition) is 5. The number of fused-ring (bicyclic) bond motifs is 3. The summed E-state index contributed by atoms with van der Waals surface area (Å²) in [7, 11) is 0. The standard InChI is InChI=1S/C21H14Cl2N2O5/c1-2-29-21(28)14-10-15(24-18(26)11-3-5-12(22)6-4-11)19(27)25-16-8-7-13(23)9-17(16)30-20(14)25/h3-10H,2H2,1H3,(H,24,26). The summed E-state index contributed by atoms with van der Waals surface area (Å²) in [4.78, 5) is 38.2. The molecule has 0 aliphatic carbocycles. The Hall–Kier alpha value is -3.29. The van der Waals surface area contributed by atoms with Gasteiger partial charge in [0, 0.05) is 21.7 Å². The fraction of sp³-hybridized carbons (Fsp3) is 0.0952. The van der Waals surface area contributed by atoms with Crippen molar-refractivity contribution in [2.24, 2.45) is 0 Å². The van der Waals surface area contributed by atoms with Gasteiger partial charge in [-0.2, -0.15) is 0 Å². The molecule has 0 radical (unpaired) electrons. The van der Waals surface area contributed by atoms with Crippen LogP contribution in [0.5, 0.6) is 0 Å². The number of oxazole rings is 1. The van der Waals surface area contributed by atoms with E-state index in [1.165, 1.54) is 28.7 Å². The molecule has 0 atom stereocenters. The van der Waals surface area contributed by atoms with Gasteiger partial charge < -0.3 is 14.5 Å². The van der Waals surface area contributed by atoms with Crippen molar-refractivity contribution in [1.29, 1.82) is 0 Å². The number of esters is 1. The quantitative estimate of drug-likeness (QED) is 0.457. The SMILES string of the molecule is CCOC(=O)c1cc(NC(=O)c2ccc(Cl)cc2)c(=O)n2c1oc1cc(Cl)ccc12. The second kappa shape index (κ2) is 7.85. The van der Waals surface area contributed by atoms with Crippen molar-refractivity contribution in [2.45, 2.75) is 6.92 Å². The highest BCUT2D eigenvalue weighted by molar-refractivity contribution is 6.31. The highest BCUT2D eigenvalue weighted by Gasteiger charge is 2.23. The lowest BCUT2D eigenvalue weighted by Gasteiger charge is -2.08. The van der Waals surface area contributed by atoms with Gasteiger partial charge in [-0.05, 0) is 49.4 Å². The number of amides is 1. The van der Waals surface area contributed by atoms with E-state index in [0.717, 1.165) is 0 Å². The third-order valence-corrected chi connectivity index (χ3v) is 4.86. The van der Waals surface area contributed by atoms with E-state index in [1.807, 2.05) is 0 Å². The molecular weight excluding hydrogens is 431 g/mol. The number of halogens is 2. The predicted octanol–water partition coefficient (Wildman–Crippen LogP) is 4.78. The monoisotopic (exact) mass is 444 g/mol. The van der Waals surface area contributed by atoms with Gasteiger partial charge in [0.2, 0.25) is 5.71 Å². The highest BCUT2D eigenvalue weighted by Crippen LogP contribution is 2.26. The number of rotatable bonds is 4. The molecule has 2 aromatic heterocycles. The Bertz CT molecular complexity index is 1360. The number of pyridine rings is 1. The van der Waals surface area contributed by atoms with E-state index in [2.05, 4.69) is 5.32 Å². The third-order valence-electron chi connectivity index (χ3n) is 4.38. The zero-order valence-electron chi connectivity index (χ0n) is 15.6. The third kappa shape index (κ3) is 3.53. The number of anilines is 1. The molecule has 0 bridgehead atoms. The first-order valence-electron chi connectivity index (χ1n) is 8.91. The predicted molar refractivity (Wildman–Crippen MR) is 114 cm³/mol. The van der Waals surface area contributed by atoms with Crippen molar-refractivity contribution in [3.63, 3.8) is 0 Å². The van der Waals surface area contributed by atoms with E-state index in [4.69, 9.17) is 32.4 Å². The molecule has 2 heterocycles. The number of hydrogen-bond donors (Lipinski definition) is 1. The molecule has 0 saturated heterocycles. The molecule has 152 valence electrons. The summed E-state index contributed by atoms with van der Waals surface area (Å²) in [6, 6.07) is 12.1. The number of nitrogens with one attached hydrogen (secondary N) is 1. The van der Waals surface area contributed by atoms with Gasteiger partial charge in [-0.1, -0.05) is 23.2 Å². The Morgan fingerprint density at radius 3 is 2.47 bits per heavy atom. The Morgan fingerprint density at radius 2 is 1.77 bits per heavy atom. The number of nitrogens with zero attached hydrogens (tertiary/aromatic N) is 1. The van der Waals surface area contributed by atoms with Crippen LogP contribution in [-0.2, 0) is 4.74 Å². The first-order chi connectivity index (χ1) is 14.4. The van der Waals surface area contributed by atoms with E-state index >= 15 is 0 Å². The molecule has 7 nitrogen and oxygen atoms in total. The van der Waals surface area contributed by atoms with Crippen molar-refractivity contribution in [2.75, 3.05) is 11.9 Å². The minimum atomic E-state index is -0.692. The minimum Gasteiger partial charge on any atom is -0.462 e. The van der Waals surface area contributed by atoms with Crippen LogP contribution in [0.4, 0.5) is 5.69 Å². The Labute approximate surface area is 179 Å². The summed E-state index contributed by atoms with van der Waals surface area (Å²) in [5, 5.41) is 3.43. The van der Waals surface area contributed by atoms with E-state index in [-0.39, 0.29) is 23.6 Å². The summed E-state index contributed by atoms with van der Waals surface area (Å²) in [5.41, 5.74) is 0.328. The summed E-state index contributed by atoms with van der Waals surface area (Å²) < 4.78 is 12.0. The first kappa shape index (κ1) is 20.0. The van der Waals surface area contributed by atoms with Crippen LogP contribution in [0.25, 0.3) is 16.8 Å². The second-order valence-corrected chi connectivity index (χ2v) is 7.19. The Morgan fingerprint density at radius 1 is 1.07 bits per heavy atom. The van der Waals surface area contributed by atoms with E-state index in [9.17, 15) is 14.4 Å². The molecule has 0 aliphatic heterocycles. The lowest BCUT2D eigenvalue weighted by Crippen LogP contribution is -2.24. The number of carbonyl (C=O) groups is 2. The van der Waals surface area contributed by atoms with Crippen LogP contribution in [0.3, 0.4) is 0 Å². The Balaban J connectivity index is 1.91. The average molecular weight is 445 g/mol. The van der Waals surface area contributed by atoms with Gasteiger partial charge in [0.25, 0.3) is 11.5 Å². The topological polar surface area (TPSA) is 90.0 Å².